The van der Waals surface area contributed by atoms with Gasteiger partial charge < -0.3 is 29.8 Å². The first-order chi connectivity index (χ1) is 19.2. The molecule has 0 bridgehead atoms. The average Bonchev–Trinajstić information content (AvgIpc) is 3.31. The Kier molecular flexibility index (Phi) is 5.55. The number of benzene rings is 1. The van der Waals surface area contributed by atoms with Gasteiger partial charge >= 0.3 is 5.97 Å². The number of likely N-dealkylation sites (tertiary alicyclic amines) is 1. The third-order valence-corrected chi connectivity index (χ3v) is 8.84. The van der Waals surface area contributed by atoms with Crippen LogP contribution in [-0.4, -0.2) is 75.3 Å². The maximum absolute atomic E-state index is 13.2. The van der Waals surface area contributed by atoms with Gasteiger partial charge in [-0.15, -0.1) is 0 Å². The molecule has 1 aromatic carbocycles. The molecule has 2 aliphatic rings. The SMILES string of the molecule is CNc1cc(Cl)cc2c1[nH]c1ncc(-c3cnc4c(c3)c(=O)c(C(=O)O)cn4C)c(N3CC[C@H]4CN(C)[C@H]4C3)c12. The van der Waals surface area contributed by atoms with Gasteiger partial charge in [0.1, 0.15) is 16.9 Å². The highest BCUT2D eigenvalue weighted by atomic mass is 35.5. The maximum Gasteiger partial charge on any atom is 0.341 e. The van der Waals surface area contributed by atoms with E-state index in [1.807, 2.05) is 25.4 Å². The van der Waals surface area contributed by atoms with E-state index in [0.29, 0.717) is 28.2 Å². The third-order valence-electron chi connectivity index (χ3n) is 8.62. The number of fused-ring (bicyclic) bond motifs is 5. The number of anilines is 2. The topological polar surface area (TPSA) is 119 Å². The summed E-state index contributed by atoms with van der Waals surface area (Å²) in [4.78, 5) is 42.7. The Morgan fingerprint density at radius 3 is 2.73 bits per heavy atom. The number of aryl methyl sites for hydroxylation is 1. The molecule has 0 spiro atoms. The summed E-state index contributed by atoms with van der Waals surface area (Å²) < 4.78 is 1.57. The summed E-state index contributed by atoms with van der Waals surface area (Å²) in [5.74, 6) is -0.574. The first kappa shape index (κ1) is 24.9. The second kappa shape index (κ2) is 8.94. The second-order valence-electron chi connectivity index (χ2n) is 10.9. The van der Waals surface area contributed by atoms with Gasteiger partial charge in [-0.2, -0.15) is 0 Å². The minimum absolute atomic E-state index is 0.253. The zero-order valence-corrected chi connectivity index (χ0v) is 23.1. The van der Waals surface area contributed by atoms with E-state index in [1.165, 1.54) is 6.20 Å². The Labute approximate surface area is 234 Å². The summed E-state index contributed by atoms with van der Waals surface area (Å²) in [5.41, 5.74) is 4.65. The van der Waals surface area contributed by atoms with Crippen molar-refractivity contribution in [1.29, 1.82) is 0 Å². The van der Waals surface area contributed by atoms with E-state index >= 15 is 0 Å². The van der Waals surface area contributed by atoms with Crippen LogP contribution in [0.5, 0.6) is 0 Å². The van der Waals surface area contributed by atoms with Gasteiger partial charge in [0.25, 0.3) is 0 Å². The van der Waals surface area contributed by atoms with E-state index in [0.717, 1.165) is 64.9 Å². The molecule has 10 nitrogen and oxygen atoms in total. The van der Waals surface area contributed by atoms with Gasteiger partial charge in [-0.3, -0.25) is 4.79 Å². The van der Waals surface area contributed by atoms with Crippen molar-refractivity contribution in [3.63, 3.8) is 0 Å². The predicted molar refractivity (Wildman–Crippen MR) is 158 cm³/mol. The first-order valence-electron chi connectivity index (χ1n) is 13.2. The molecule has 40 heavy (non-hydrogen) atoms. The Balaban J connectivity index is 1.52. The van der Waals surface area contributed by atoms with Crippen LogP contribution in [-0.2, 0) is 7.05 Å². The lowest BCUT2D eigenvalue weighted by Crippen LogP contribution is -2.62. The fourth-order valence-electron chi connectivity index (χ4n) is 6.57. The van der Waals surface area contributed by atoms with Crippen molar-refractivity contribution in [3.8, 4) is 11.1 Å². The van der Waals surface area contributed by atoms with Crippen LogP contribution in [0.2, 0.25) is 5.02 Å². The smallest absolute Gasteiger partial charge is 0.341 e. The number of H-pyrrole nitrogens is 1. The van der Waals surface area contributed by atoms with Gasteiger partial charge in [-0.1, -0.05) is 11.6 Å². The summed E-state index contributed by atoms with van der Waals surface area (Å²) >= 11 is 6.57. The van der Waals surface area contributed by atoms with Crippen molar-refractivity contribution in [2.24, 2.45) is 13.0 Å². The largest absolute Gasteiger partial charge is 0.477 e. The number of halogens is 1. The molecule has 2 saturated heterocycles. The highest BCUT2D eigenvalue weighted by molar-refractivity contribution is 6.33. The molecule has 6 heterocycles. The zero-order valence-electron chi connectivity index (χ0n) is 22.3. The monoisotopic (exact) mass is 557 g/mol. The highest BCUT2D eigenvalue weighted by Gasteiger charge is 2.41. The van der Waals surface area contributed by atoms with Crippen LogP contribution in [0.3, 0.4) is 0 Å². The minimum Gasteiger partial charge on any atom is -0.477 e. The lowest BCUT2D eigenvalue weighted by molar-refractivity contribution is 0.0281. The van der Waals surface area contributed by atoms with Crippen LogP contribution in [0.15, 0.2) is 41.6 Å². The molecule has 11 heteroatoms. The summed E-state index contributed by atoms with van der Waals surface area (Å²) in [5, 5.41) is 15.6. The van der Waals surface area contributed by atoms with Crippen LogP contribution >= 0.6 is 11.6 Å². The van der Waals surface area contributed by atoms with Gasteiger partial charge in [0.2, 0.25) is 5.43 Å². The van der Waals surface area contributed by atoms with Gasteiger partial charge in [0, 0.05) is 79.9 Å². The number of hydrogen-bond donors (Lipinski definition) is 3. The fraction of sp³-hybridized carbons (Fsp3) is 0.310. The second-order valence-corrected chi connectivity index (χ2v) is 11.3. The molecule has 5 aromatic rings. The molecule has 7 rings (SSSR count). The number of aromatic amines is 1. The number of nitrogens with zero attached hydrogens (tertiary/aromatic N) is 5. The Morgan fingerprint density at radius 2 is 1.98 bits per heavy atom. The summed E-state index contributed by atoms with van der Waals surface area (Å²) in [7, 11) is 5.72. The molecule has 0 radical (unpaired) electrons. The number of carbonyl (C=O) groups is 1. The maximum atomic E-state index is 13.2. The molecule has 0 unspecified atom stereocenters. The molecule has 2 aliphatic heterocycles. The molecule has 4 aromatic heterocycles. The number of nitrogens with one attached hydrogen (secondary N) is 2. The van der Waals surface area contributed by atoms with E-state index in [1.54, 1.807) is 23.9 Å². The number of rotatable bonds is 4. The number of aromatic nitrogens is 4. The predicted octanol–water partition coefficient (Wildman–Crippen LogP) is 4.16. The Morgan fingerprint density at radius 1 is 1.15 bits per heavy atom. The van der Waals surface area contributed by atoms with Crippen molar-refractivity contribution in [3.05, 3.63) is 57.6 Å². The number of likely N-dealkylation sites (N-methyl/N-ethyl adjacent to an activating group) is 1. The van der Waals surface area contributed by atoms with Crippen molar-refractivity contribution in [1.82, 2.24) is 24.4 Å². The van der Waals surface area contributed by atoms with Gasteiger partial charge in [-0.25, -0.2) is 14.8 Å². The summed E-state index contributed by atoms with van der Waals surface area (Å²) in [6.45, 7) is 2.87. The number of aromatic carboxylic acids is 1. The molecular formula is C29H28ClN7O3. The quantitative estimate of drug-likeness (QED) is 0.301. The van der Waals surface area contributed by atoms with Crippen LogP contribution < -0.4 is 15.6 Å². The number of carboxylic acids is 1. The minimum atomic E-state index is -1.26. The molecule has 3 N–H and O–H groups in total. The lowest BCUT2D eigenvalue weighted by atomic mass is 9.82. The standard InChI is InChI=1S/C29H28ClN7O3/c1-31-21-8-16(30)7-17-23-25(37-5-4-14-11-35(2)22(14)13-37)19(10-32-27(23)34-24(17)21)15-6-18-26(38)20(29(39)40)12-36(3)28(18)33-9-15/h6-10,12,14,22,31H,4-5,11,13H2,1-3H3,(H,32,34)(H,39,40)/t14-,22-/m0/s1. The van der Waals surface area contributed by atoms with Crippen molar-refractivity contribution < 1.29 is 9.90 Å². The molecule has 2 atom stereocenters. The molecule has 204 valence electrons. The first-order valence-corrected chi connectivity index (χ1v) is 13.6. The van der Waals surface area contributed by atoms with E-state index < -0.39 is 11.4 Å². The number of carboxylic acid groups (broad SMARTS) is 1. The van der Waals surface area contributed by atoms with Crippen LogP contribution in [0, 0.1) is 5.92 Å². The molecule has 0 amide bonds. The molecule has 2 fully saturated rings. The van der Waals surface area contributed by atoms with E-state index in [2.05, 4.69) is 32.1 Å². The summed E-state index contributed by atoms with van der Waals surface area (Å²) in [6, 6.07) is 6.05. The van der Waals surface area contributed by atoms with Gasteiger partial charge in [0.15, 0.2) is 0 Å². The van der Waals surface area contributed by atoms with Crippen molar-refractivity contribution in [2.45, 2.75) is 12.5 Å². The van der Waals surface area contributed by atoms with Crippen LogP contribution in [0.25, 0.3) is 44.1 Å². The number of piperidine rings is 1. The number of hydrogen-bond acceptors (Lipinski definition) is 7. The van der Waals surface area contributed by atoms with Crippen molar-refractivity contribution in [2.75, 3.05) is 43.9 Å². The Bertz CT molecular complexity index is 1930. The van der Waals surface area contributed by atoms with E-state index in [-0.39, 0.29) is 10.9 Å². The number of pyridine rings is 3. The third kappa shape index (κ3) is 3.59. The zero-order chi connectivity index (χ0) is 27.9. The van der Waals surface area contributed by atoms with E-state index in [4.69, 9.17) is 16.6 Å². The van der Waals surface area contributed by atoms with Gasteiger partial charge in [0.05, 0.1) is 27.7 Å². The van der Waals surface area contributed by atoms with Crippen LogP contribution in [0.1, 0.15) is 16.8 Å². The average molecular weight is 558 g/mol. The van der Waals surface area contributed by atoms with Gasteiger partial charge in [-0.05, 0) is 37.6 Å². The fourth-order valence-corrected chi connectivity index (χ4v) is 6.79. The normalized spacial score (nSPS) is 19.2. The Hall–Kier alpha value is -4.15. The van der Waals surface area contributed by atoms with Crippen LogP contribution in [0.4, 0.5) is 11.4 Å². The summed E-state index contributed by atoms with van der Waals surface area (Å²) in [6.07, 6.45) is 5.95. The molecular weight excluding hydrogens is 530 g/mol. The molecule has 0 aliphatic carbocycles. The van der Waals surface area contributed by atoms with Crippen molar-refractivity contribution >= 4 is 61.9 Å². The molecule has 0 saturated carbocycles. The lowest BCUT2D eigenvalue weighted by Gasteiger charge is -2.52. The van der Waals surface area contributed by atoms with E-state index in [9.17, 15) is 14.7 Å². The highest BCUT2D eigenvalue weighted by Crippen LogP contribution is 2.45.